The maximum Gasteiger partial charge on any atom is 0.237 e. The number of para-hydroxylation sites is 1. The molecule has 1 aromatic carbocycles. The van der Waals surface area contributed by atoms with E-state index >= 15 is 0 Å². The van der Waals surface area contributed by atoms with E-state index in [0.29, 0.717) is 11.1 Å². The molecule has 4 rings (SSSR count). The number of carbonyl (C=O) groups excluding carboxylic acids is 1. The summed E-state index contributed by atoms with van der Waals surface area (Å²) in [7, 11) is 0. The number of hydrogen-bond acceptors (Lipinski definition) is 5. The van der Waals surface area contributed by atoms with Crippen molar-refractivity contribution in [2.45, 2.75) is 62.3 Å². The largest absolute Gasteiger partial charge is 0.325 e. The highest BCUT2D eigenvalue weighted by Gasteiger charge is 2.61. The van der Waals surface area contributed by atoms with E-state index in [9.17, 15) is 4.79 Å². The van der Waals surface area contributed by atoms with Crippen molar-refractivity contribution in [2.24, 2.45) is 5.41 Å². The van der Waals surface area contributed by atoms with Crippen LogP contribution >= 0.6 is 11.8 Å². The fraction of sp³-hybridized carbons (Fsp3) is 0.500. The minimum Gasteiger partial charge on any atom is -0.325 e. The molecule has 1 aromatic heterocycles. The Labute approximate surface area is 158 Å². The Balaban J connectivity index is 1.52. The third-order valence-electron chi connectivity index (χ3n) is 6.47. The SMILES string of the molecule is C[C@@H](Sc1nnc2c(n1)[C@@]1(C)CC[C@H]2C1(C)C)C(=O)Nc1ccccc1. The minimum atomic E-state index is -0.297. The van der Waals surface area contributed by atoms with Gasteiger partial charge in [0.2, 0.25) is 11.1 Å². The molecule has 0 aliphatic heterocycles. The van der Waals surface area contributed by atoms with Crippen molar-refractivity contribution in [3.8, 4) is 0 Å². The molecule has 26 heavy (non-hydrogen) atoms. The van der Waals surface area contributed by atoms with Crippen molar-refractivity contribution in [1.29, 1.82) is 0 Å². The maximum atomic E-state index is 12.4. The van der Waals surface area contributed by atoms with Gasteiger partial charge in [0.05, 0.1) is 16.6 Å². The minimum absolute atomic E-state index is 0.0494. The molecule has 0 unspecified atom stereocenters. The van der Waals surface area contributed by atoms with Crippen molar-refractivity contribution in [1.82, 2.24) is 15.2 Å². The van der Waals surface area contributed by atoms with Crippen LogP contribution in [0.2, 0.25) is 0 Å². The predicted molar refractivity (Wildman–Crippen MR) is 103 cm³/mol. The van der Waals surface area contributed by atoms with Gasteiger partial charge in [-0.05, 0) is 37.3 Å². The lowest BCUT2D eigenvalue weighted by Crippen LogP contribution is -2.32. The predicted octanol–water partition coefficient (Wildman–Crippen LogP) is 4.17. The van der Waals surface area contributed by atoms with Gasteiger partial charge in [0.25, 0.3) is 0 Å². The smallest absolute Gasteiger partial charge is 0.237 e. The Bertz CT molecular complexity index is 854. The number of nitrogens with one attached hydrogen (secondary N) is 1. The Kier molecular flexibility index (Phi) is 4.06. The van der Waals surface area contributed by atoms with Gasteiger partial charge in [-0.2, -0.15) is 5.10 Å². The molecule has 2 aliphatic rings. The summed E-state index contributed by atoms with van der Waals surface area (Å²) in [5.74, 6) is 0.388. The average Bonchev–Trinajstić information content (AvgIpc) is 2.95. The van der Waals surface area contributed by atoms with Gasteiger partial charge in [-0.3, -0.25) is 4.79 Å². The zero-order valence-corrected chi connectivity index (χ0v) is 16.4. The number of hydrogen-bond donors (Lipinski definition) is 1. The van der Waals surface area contributed by atoms with Gasteiger partial charge in [0.1, 0.15) is 0 Å². The number of nitrogens with zero attached hydrogens (tertiary/aromatic N) is 3. The number of aromatic nitrogens is 3. The molecule has 0 spiro atoms. The lowest BCUT2D eigenvalue weighted by molar-refractivity contribution is -0.115. The number of benzene rings is 1. The molecule has 2 bridgehead atoms. The summed E-state index contributed by atoms with van der Waals surface area (Å²) < 4.78 is 0. The fourth-order valence-corrected chi connectivity index (χ4v) is 5.10. The Morgan fingerprint density at radius 1 is 1.23 bits per heavy atom. The number of amides is 1. The molecule has 2 aliphatic carbocycles. The van der Waals surface area contributed by atoms with Crippen molar-refractivity contribution in [3.63, 3.8) is 0 Å². The van der Waals surface area contributed by atoms with E-state index in [0.717, 1.165) is 29.9 Å². The second-order valence-electron chi connectivity index (χ2n) is 8.09. The number of carbonyl (C=O) groups is 1. The molecule has 1 N–H and O–H groups in total. The summed E-state index contributed by atoms with van der Waals surface area (Å²) in [6, 6.07) is 9.48. The zero-order valence-electron chi connectivity index (χ0n) is 15.6. The van der Waals surface area contributed by atoms with Gasteiger partial charge in [-0.15, -0.1) is 5.10 Å². The quantitative estimate of drug-likeness (QED) is 0.821. The fourth-order valence-electron chi connectivity index (χ4n) is 4.39. The lowest BCUT2D eigenvalue weighted by Gasteiger charge is -2.34. The van der Waals surface area contributed by atoms with Crippen molar-refractivity contribution in [2.75, 3.05) is 5.32 Å². The summed E-state index contributed by atoms with van der Waals surface area (Å²) in [6.45, 7) is 8.80. The first-order valence-electron chi connectivity index (χ1n) is 9.10. The van der Waals surface area contributed by atoms with Gasteiger partial charge in [-0.1, -0.05) is 50.7 Å². The molecule has 1 fully saturated rings. The first-order chi connectivity index (χ1) is 12.3. The first kappa shape index (κ1) is 17.5. The third-order valence-corrected chi connectivity index (χ3v) is 7.42. The standard InChI is InChI=1S/C20H24N4OS/c1-12(17(25)21-13-8-6-5-7-9-13)26-18-22-16-15(23-24-18)14-10-11-20(16,4)19(14,2)3/h5-9,12,14H,10-11H2,1-4H3,(H,21,25)/t12-,14-,20-/m1/s1. The number of rotatable bonds is 4. The maximum absolute atomic E-state index is 12.4. The molecule has 2 aromatic rings. The Morgan fingerprint density at radius 3 is 2.69 bits per heavy atom. The molecule has 1 heterocycles. The molecule has 0 saturated heterocycles. The third kappa shape index (κ3) is 2.54. The number of fused-ring (bicyclic) bond motifs is 5. The molecule has 1 amide bonds. The van der Waals surface area contributed by atoms with E-state index in [1.54, 1.807) is 0 Å². The van der Waals surface area contributed by atoms with Crippen LogP contribution in [0.5, 0.6) is 0 Å². The highest BCUT2D eigenvalue weighted by molar-refractivity contribution is 8.00. The summed E-state index contributed by atoms with van der Waals surface area (Å²) in [5, 5.41) is 12.0. The van der Waals surface area contributed by atoms with E-state index in [4.69, 9.17) is 4.98 Å². The van der Waals surface area contributed by atoms with Crippen LogP contribution in [-0.2, 0) is 10.2 Å². The summed E-state index contributed by atoms with van der Waals surface area (Å²) in [5.41, 5.74) is 3.16. The summed E-state index contributed by atoms with van der Waals surface area (Å²) in [4.78, 5) is 17.3. The monoisotopic (exact) mass is 368 g/mol. The molecule has 6 heteroatoms. The lowest BCUT2D eigenvalue weighted by atomic mass is 9.70. The summed E-state index contributed by atoms with van der Waals surface area (Å²) >= 11 is 1.37. The normalized spacial score (nSPS) is 26.4. The van der Waals surface area contributed by atoms with Crippen LogP contribution in [-0.4, -0.2) is 26.3 Å². The van der Waals surface area contributed by atoms with Crippen molar-refractivity contribution in [3.05, 3.63) is 41.7 Å². The Hall–Kier alpha value is -1.95. The van der Waals surface area contributed by atoms with Gasteiger partial charge >= 0.3 is 0 Å². The molecular weight excluding hydrogens is 344 g/mol. The van der Waals surface area contributed by atoms with Crippen molar-refractivity contribution < 1.29 is 4.79 Å². The molecule has 136 valence electrons. The van der Waals surface area contributed by atoms with Gasteiger partial charge in [0.15, 0.2) is 0 Å². The topological polar surface area (TPSA) is 67.8 Å². The van der Waals surface area contributed by atoms with Crippen LogP contribution in [0.3, 0.4) is 0 Å². The van der Waals surface area contributed by atoms with E-state index in [-0.39, 0.29) is 22.0 Å². The van der Waals surface area contributed by atoms with E-state index < -0.39 is 0 Å². The van der Waals surface area contributed by atoms with Crippen LogP contribution in [0.4, 0.5) is 5.69 Å². The van der Waals surface area contributed by atoms with E-state index in [1.165, 1.54) is 11.8 Å². The van der Waals surface area contributed by atoms with Crippen LogP contribution in [0.25, 0.3) is 0 Å². The highest BCUT2D eigenvalue weighted by atomic mass is 32.2. The van der Waals surface area contributed by atoms with E-state index in [1.807, 2.05) is 37.3 Å². The number of anilines is 1. The molecule has 3 atom stereocenters. The van der Waals surface area contributed by atoms with Gasteiger partial charge in [-0.25, -0.2) is 4.98 Å². The number of thioether (sulfide) groups is 1. The second-order valence-corrected chi connectivity index (χ2v) is 9.40. The van der Waals surface area contributed by atoms with Gasteiger partial charge < -0.3 is 5.32 Å². The summed E-state index contributed by atoms with van der Waals surface area (Å²) in [6.07, 6.45) is 2.31. The molecule has 0 radical (unpaired) electrons. The first-order valence-corrected chi connectivity index (χ1v) is 9.98. The van der Waals surface area contributed by atoms with Crippen molar-refractivity contribution >= 4 is 23.4 Å². The van der Waals surface area contributed by atoms with Crippen LogP contribution < -0.4 is 5.32 Å². The molecule has 1 saturated carbocycles. The van der Waals surface area contributed by atoms with Crippen LogP contribution in [0.15, 0.2) is 35.5 Å². The van der Waals surface area contributed by atoms with Gasteiger partial charge in [0, 0.05) is 17.0 Å². The van der Waals surface area contributed by atoms with Crippen LogP contribution in [0, 0.1) is 5.41 Å². The Morgan fingerprint density at radius 2 is 1.96 bits per heavy atom. The van der Waals surface area contributed by atoms with Crippen LogP contribution in [0.1, 0.15) is 57.8 Å². The molecule has 5 nitrogen and oxygen atoms in total. The average molecular weight is 369 g/mol. The van der Waals surface area contributed by atoms with E-state index in [2.05, 4.69) is 36.3 Å². The highest BCUT2D eigenvalue weighted by Crippen LogP contribution is 2.66. The second kappa shape index (κ2) is 6.05. The molecular formula is C20H24N4OS. The zero-order chi connectivity index (χ0) is 18.5.